The van der Waals surface area contributed by atoms with Crippen LogP contribution in [0.5, 0.6) is 0 Å². The summed E-state index contributed by atoms with van der Waals surface area (Å²) in [7, 11) is 3.28. The van der Waals surface area contributed by atoms with Crippen molar-refractivity contribution in [3.8, 4) is 0 Å². The lowest BCUT2D eigenvalue weighted by Gasteiger charge is -2.23. The van der Waals surface area contributed by atoms with Gasteiger partial charge in [0, 0.05) is 55.5 Å². The van der Waals surface area contributed by atoms with Gasteiger partial charge in [0.1, 0.15) is 0 Å². The van der Waals surface area contributed by atoms with Crippen LogP contribution in [0.15, 0.2) is 18.2 Å². The molecule has 0 spiro atoms. The molecule has 2 heterocycles. The Labute approximate surface area is 164 Å². The minimum Gasteiger partial charge on any atom is -0.481 e. The fourth-order valence-corrected chi connectivity index (χ4v) is 4.11. The van der Waals surface area contributed by atoms with Crippen LogP contribution < -0.4 is 0 Å². The maximum Gasteiger partial charge on any atom is 0.305 e. The second-order valence-corrected chi connectivity index (χ2v) is 7.39. The van der Waals surface area contributed by atoms with Gasteiger partial charge in [-0.1, -0.05) is 0 Å². The van der Waals surface area contributed by atoms with Gasteiger partial charge in [-0.3, -0.25) is 9.59 Å². The number of aryl methyl sites for hydroxylation is 1. The number of nitrogens with zero attached hydrogens (tertiary/aromatic N) is 2. The van der Waals surface area contributed by atoms with Gasteiger partial charge in [0.25, 0.3) is 5.91 Å². The normalized spacial score (nSPS) is 19.5. The van der Waals surface area contributed by atoms with Crippen LogP contribution in [0.2, 0.25) is 0 Å². The van der Waals surface area contributed by atoms with Crippen molar-refractivity contribution in [3.05, 3.63) is 35.0 Å². The van der Waals surface area contributed by atoms with E-state index < -0.39 is 5.97 Å². The predicted molar refractivity (Wildman–Crippen MR) is 106 cm³/mol. The molecule has 28 heavy (non-hydrogen) atoms. The first kappa shape index (κ1) is 20.4. The average molecular weight is 388 g/mol. The molecular weight excluding hydrogens is 360 g/mol. The first-order valence-corrected chi connectivity index (χ1v) is 9.51. The van der Waals surface area contributed by atoms with Crippen molar-refractivity contribution in [1.82, 2.24) is 9.47 Å². The molecule has 0 bridgehead atoms. The average Bonchev–Trinajstić information content (AvgIpc) is 3.18. The third-order valence-electron chi connectivity index (χ3n) is 5.79. The number of ether oxygens (including phenoxy) is 2. The summed E-state index contributed by atoms with van der Waals surface area (Å²) < 4.78 is 12.8. The first-order chi connectivity index (χ1) is 13.4. The fourth-order valence-electron chi connectivity index (χ4n) is 4.11. The van der Waals surface area contributed by atoms with E-state index in [4.69, 9.17) is 9.47 Å². The lowest BCUT2D eigenvalue weighted by atomic mass is 10.1. The molecule has 1 saturated heterocycles. The maximum absolute atomic E-state index is 13.2. The summed E-state index contributed by atoms with van der Waals surface area (Å²) in [6, 6.07) is 5.36. The molecule has 1 aliphatic heterocycles. The number of carboxylic acid groups (broad SMARTS) is 1. The molecule has 2 unspecified atom stereocenters. The summed E-state index contributed by atoms with van der Waals surface area (Å²) in [5.41, 5.74) is 3.94. The SMILES string of the molecule is COCCn1c(C)c(C)c2cc(C(=O)N3CC(OC)CC3CC(=O)O)ccc21. The molecular formula is C21H28N2O5. The number of aliphatic carboxylic acids is 1. The molecule has 0 aliphatic carbocycles. The summed E-state index contributed by atoms with van der Waals surface area (Å²) in [6.07, 6.45) is 0.345. The maximum atomic E-state index is 13.2. The highest BCUT2D eigenvalue weighted by Gasteiger charge is 2.37. The van der Waals surface area contributed by atoms with E-state index in [1.807, 2.05) is 18.2 Å². The van der Waals surface area contributed by atoms with Gasteiger partial charge in [0.05, 0.1) is 19.1 Å². The molecule has 2 aromatic rings. The number of carboxylic acids is 1. The number of hydrogen-bond acceptors (Lipinski definition) is 4. The van der Waals surface area contributed by atoms with Gasteiger partial charge in [0.2, 0.25) is 0 Å². The van der Waals surface area contributed by atoms with Gasteiger partial charge in [-0.05, 0) is 44.0 Å². The highest BCUT2D eigenvalue weighted by atomic mass is 16.5. The Balaban J connectivity index is 1.93. The number of carbonyl (C=O) groups excluding carboxylic acids is 1. The van der Waals surface area contributed by atoms with E-state index in [0.29, 0.717) is 25.1 Å². The number of carbonyl (C=O) groups is 2. The smallest absolute Gasteiger partial charge is 0.305 e. The van der Waals surface area contributed by atoms with Crippen molar-refractivity contribution < 1.29 is 24.2 Å². The highest BCUT2D eigenvalue weighted by molar-refractivity contribution is 5.99. The first-order valence-electron chi connectivity index (χ1n) is 9.51. The van der Waals surface area contributed by atoms with Crippen LogP contribution in [-0.2, 0) is 20.8 Å². The quantitative estimate of drug-likeness (QED) is 0.789. The summed E-state index contributed by atoms with van der Waals surface area (Å²) >= 11 is 0. The Morgan fingerprint density at radius 2 is 2.00 bits per heavy atom. The molecule has 1 fully saturated rings. The number of hydrogen-bond donors (Lipinski definition) is 1. The van der Waals surface area contributed by atoms with Gasteiger partial charge in [-0.15, -0.1) is 0 Å². The van der Waals surface area contributed by atoms with Crippen molar-refractivity contribution in [2.24, 2.45) is 0 Å². The van der Waals surface area contributed by atoms with Crippen molar-refractivity contribution in [3.63, 3.8) is 0 Å². The molecule has 2 atom stereocenters. The molecule has 7 heteroatoms. The zero-order valence-electron chi connectivity index (χ0n) is 16.9. The van der Waals surface area contributed by atoms with Gasteiger partial charge >= 0.3 is 5.97 Å². The van der Waals surface area contributed by atoms with Gasteiger partial charge in [-0.25, -0.2) is 0 Å². The number of likely N-dealkylation sites (tertiary alicyclic amines) is 1. The number of rotatable bonds is 7. The number of aromatic nitrogens is 1. The zero-order valence-corrected chi connectivity index (χ0v) is 16.9. The summed E-state index contributed by atoms with van der Waals surface area (Å²) in [4.78, 5) is 26.0. The topological polar surface area (TPSA) is 81.0 Å². The lowest BCUT2D eigenvalue weighted by Crippen LogP contribution is -2.37. The fraction of sp³-hybridized carbons (Fsp3) is 0.524. The number of benzene rings is 1. The molecule has 152 valence electrons. The van der Waals surface area contributed by atoms with Crippen molar-refractivity contribution in [2.75, 3.05) is 27.4 Å². The molecule has 1 N–H and O–H groups in total. The second kappa shape index (κ2) is 8.32. The third kappa shape index (κ3) is 3.77. The Hall–Kier alpha value is -2.38. The number of fused-ring (bicyclic) bond motifs is 1. The van der Waals surface area contributed by atoms with E-state index >= 15 is 0 Å². The second-order valence-electron chi connectivity index (χ2n) is 7.39. The Morgan fingerprint density at radius 1 is 1.25 bits per heavy atom. The van der Waals surface area contributed by atoms with E-state index in [-0.39, 0.29) is 24.5 Å². The lowest BCUT2D eigenvalue weighted by molar-refractivity contribution is -0.137. The number of methoxy groups -OCH3 is 2. The van der Waals surface area contributed by atoms with Gasteiger partial charge in [0.15, 0.2) is 0 Å². The summed E-state index contributed by atoms with van der Waals surface area (Å²) in [5.74, 6) is -1.05. The molecule has 1 aliphatic rings. The van der Waals surface area contributed by atoms with Crippen molar-refractivity contribution in [2.45, 2.75) is 45.4 Å². The third-order valence-corrected chi connectivity index (χ3v) is 5.79. The Kier molecular flexibility index (Phi) is 6.05. The Morgan fingerprint density at radius 3 is 2.64 bits per heavy atom. The molecule has 1 aromatic heterocycles. The van der Waals surface area contributed by atoms with E-state index in [9.17, 15) is 14.7 Å². The van der Waals surface area contributed by atoms with Crippen molar-refractivity contribution >= 4 is 22.8 Å². The highest BCUT2D eigenvalue weighted by Crippen LogP contribution is 2.29. The summed E-state index contributed by atoms with van der Waals surface area (Å²) in [5, 5.41) is 10.2. The van der Waals surface area contributed by atoms with E-state index in [1.165, 1.54) is 0 Å². The van der Waals surface area contributed by atoms with Crippen LogP contribution in [-0.4, -0.2) is 66.0 Å². The van der Waals surface area contributed by atoms with Gasteiger partial charge in [-0.2, -0.15) is 0 Å². The largest absolute Gasteiger partial charge is 0.481 e. The van der Waals surface area contributed by atoms with Crippen LogP contribution in [0.3, 0.4) is 0 Å². The molecule has 3 rings (SSSR count). The van der Waals surface area contributed by atoms with E-state index in [0.717, 1.165) is 28.7 Å². The predicted octanol–water partition coefficient (Wildman–Crippen LogP) is 2.61. The molecule has 0 radical (unpaired) electrons. The van der Waals surface area contributed by atoms with E-state index in [2.05, 4.69) is 18.4 Å². The zero-order chi connectivity index (χ0) is 20.4. The molecule has 1 aromatic carbocycles. The van der Waals surface area contributed by atoms with Gasteiger partial charge < -0.3 is 24.0 Å². The van der Waals surface area contributed by atoms with Crippen LogP contribution in [0.4, 0.5) is 0 Å². The van der Waals surface area contributed by atoms with Crippen LogP contribution >= 0.6 is 0 Å². The standard InChI is InChI=1S/C21H28N2O5/c1-13-14(2)22(7-8-27-3)19-6-5-15(9-18(13)19)21(26)23-12-17(28-4)10-16(23)11-20(24)25/h5-6,9,16-17H,7-8,10-12H2,1-4H3,(H,24,25). The van der Waals surface area contributed by atoms with Crippen LogP contribution in [0.25, 0.3) is 10.9 Å². The number of amides is 1. The van der Waals surface area contributed by atoms with Crippen LogP contribution in [0.1, 0.15) is 34.5 Å². The minimum atomic E-state index is -0.906. The molecule has 7 nitrogen and oxygen atoms in total. The summed E-state index contributed by atoms with van der Waals surface area (Å²) in [6.45, 7) is 5.91. The Bertz CT molecular complexity index is 889. The molecule has 0 saturated carbocycles. The molecule has 1 amide bonds. The van der Waals surface area contributed by atoms with Crippen molar-refractivity contribution in [1.29, 1.82) is 0 Å². The van der Waals surface area contributed by atoms with Crippen LogP contribution in [0, 0.1) is 13.8 Å². The minimum absolute atomic E-state index is 0.0701. The monoisotopic (exact) mass is 388 g/mol. The van der Waals surface area contributed by atoms with E-state index in [1.54, 1.807) is 19.1 Å².